The number of hydrogen-bond donors (Lipinski definition) is 0. The molecule has 0 rings (SSSR count). The Balaban J connectivity index is 4.42. The van der Waals surface area contributed by atoms with Crippen molar-refractivity contribution in [2.24, 2.45) is 0 Å². The molecule has 0 N–H and O–H groups in total. The van der Waals surface area contributed by atoms with Crippen LogP contribution in [0.3, 0.4) is 0 Å². The first-order valence-corrected chi connectivity index (χ1v) is 25.0. The molecule has 9 heteroatoms. The van der Waals surface area contributed by atoms with Crippen molar-refractivity contribution in [2.75, 3.05) is 47.5 Å². The highest BCUT2D eigenvalue weighted by atomic mass is 16.7. The molecule has 0 aliphatic heterocycles. The summed E-state index contributed by atoms with van der Waals surface area (Å²) in [5, 5.41) is 11.7. The Bertz CT molecular complexity index is 1430. The van der Waals surface area contributed by atoms with Crippen LogP contribution in [0.2, 0.25) is 0 Å². The topological polar surface area (TPSA) is 111 Å². The van der Waals surface area contributed by atoms with Crippen molar-refractivity contribution in [2.45, 2.75) is 180 Å². The highest BCUT2D eigenvalue weighted by molar-refractivity contribution is 5.70. The van der Waals surface area contributed by atoms with Crippen LogP contribution in [0.25, 0.3) is 0 Å². The Morgan fingerprint density at radius 3 is 1.23 bits per heavy atom. The third-order valence-corrected chi connectivity index (χ3v) is 10.0. The number of ether oxygens (including phenoxy) is 4. The summed E-state index contributed by atoms with van der Waals surface area (Å²) in [6.07, 6.45) is 59.8. The van der Waals surface area contributed by atoms with E-state index in [4.69, 9.17) is 18.9 Å². The molecule has 0 aliphatic rings. The van der Waals surface area contributed by atoms with Crippen LogP contribution in [-0.4, -0.2) is 82.3 Å². The van der Waals surface area contributed by atoms with Crippen LogP contribution in [0.1, 0.15) is 168 Å². The molecule has 0 amide bonds. The molecule has 368 valence electrons. The standard InChI is InChI=1S/C56H91NO8/c1-6-8-10-12-14-16-18-20-22-23-24-25-26-27-28-29-30-31-33-35-37-39-41-43-45-47-54(59)65-52(51-64-56(55(60)61)62-49-48-57(3,4)5)50-63-53(58)46-44-42-40-38-36-34-32-21-19-17-15-13-11-9-7-2/h8-11,14-17,20-22,24-25,27-28,30-32,52,56H,6-7,12-13,18-19,23,26,29,33-51H2,1-5H3/b10-8-,11-9-,16-14-,17-15-,22-20-,25-24-,28-27-,31-30-,32-21-. The van der Waals surface area contributed by atoms with Gasteiger partial charge in [0.2, 0.25) is 0 Å². The van der Waals surface area contributed by atoms with E-state index in [0.29, 0.717) is 23.9 Å². The lowest BCUT2D eigenvalue weighted by Gasteiger charge is -2.26. The lowest BCUT2D eigenvalue weighted by atomic mass is 10.1. The monoisotopic (exact) mass is 906 g/mol. The average molecular weight is 906 g/mol. The molecule has 0 saturated heterocycles. The number of esters is 2. The van der Waals surface area contributed by atoms with Gasteiger partial charge in [-0.05, 0) is 96.3 Å². The second-order valence-electron chi connectivity index (χ2n) is 17.3. The Kier molecular flexibility index (Phi) is 43.6. The van der Waals surface area contributed by atoms with E-state index < -0.39 is 24.3 Å². The van der Waals surface area contributed by atoms with Crippen molar-refractivity contribution in [1.29, 1.82) is 0 Å². The largest absolute Gasteiger partial charge is 0.545 e. The van der Waals surface area contributed by atoms with E-state index in [0.717, 1.165) is 128 Å². The van der Waals surface area contributed by atoms with Crippen molar-refractivity contribution in [3.05, 3.63) is 109 Å². The van der Waals surface area contributed by atoms with Crippen LogP contribution >= 0.6 is 0 Å². The second kappa shape index (κ2) is 46.5. The van der Waals surface area contributed by atoms with Crippen molar-refractivity contribution in [1.82, 2.24) is 0 Å². The van der Waals surface area contributed by atoms with E-state index in [1.54, 1.807) is 0 Å². The van der Waals surface area contributed by atoms with Gasteiger partial charge in [0, 0.05) is 12.8 Å². The Labute approximate surface area is 396 Å². The van der Waals surface area contributed by atoms with Crippen LogP contribution in [0.15, 0.2) is 109 Å². The van der Waals surface area contributed by atoms with E-state index in [9.17, 15) is 19.5 Å². The summed E-state index contributed by atoms with van der Waals surface area (Å²) in [6, 6.07) is 0. The summed E-state index contributed by atoms with van der Waals surface area (Å²) in [6.45, 7) is 4.45. The quantitative estimate of drug-likeness (QED) is 0.0195. The minimum Gasteiger partial charge on any atom is -0.545 e. The third kappa shape index (κ3) is 47.7. The van der Waals surface area contributed by atoms with Gasteiger partial charge < -0.3 is 33.3 Å². The number of quaternary nitrogens is 1. The molecule has 0 aliphatic carbocycles. The molecule has 2 unspecified atom stereocenters. The van der Waals surface area contributed by atoms with Crippen molar-refractivity contribution < 1.29 is 42.9 Å². The van der Waals surface area contributed by atoms with Crippen LogP contribution < -0.4 is 5.11 Å². The number of carboxylic acid groups (broad SMARTS) is 1. The number of unbranched alkanes of at least 4 members (excludes halogenated alkanes) is 11. The maximum atomic E-state index is 12.8. The molecule has 2 atom stereocenters. The highest BCUT2D eigenvalue weighted by Crippen LogP contribution is 2.13. The van der Waals surface area contributed by atoms with E-state index in [-0.39, 0.29) is 38.6 Å². The van der Waals surface area contributed by atoms with Gasteiger partial charge in [-0.25, -0.2) is 0 Å². The van der Waals surface area contributed by atoms with Gasteiger partial charge in [-0.3, -0.25) is 9.59 Å². The second-order valence-corrected chi connectivity index (χ2v) is 17.3. The maximum Gasteiger partial charge on any atom is 0.306 e. The summed E-state index contributed by atoms with van der Waals surface area (Å²) in [4.78, 5) is 37.1. The Morgan fingerprint density at radius 2 is 0.831 bits per heavy atom. The van der Waals surface area contributed by atoms with Gasteiger partial charge >= 0.3 is 11.9 Å². The third-order valence-electron chi connectivity index (χ3n) is 10.0. The lowest BCUT2D eigenvalue weighted by molar-refractivity contribution is -0.870. The van der Waals surface area contributed by atoms with Crippen LogP contribution in [0.4, 0.5) is 0 Å². The molecular weight excluding hydrogens is 815 g/mol. The number of allylic oxidation sites excluding steroid dienone is 18. The summed E-state index contributed by atoms with van der Waals surface area (Å²) in [5.74, 6) is -2.34. The highest BCUT2D eigenvalue weighted by Gasteiger charge is 2.21. The van der Waals surface area contributed by atoms with Gasteiger partial charge in [0.15, 0.2) is 12.4 Å². The molecular formula is C56H91NO8. The van der Waals surface area contributed by atoms with Gasteiger partial charge in [0.1, 0.15) is 13.2 Å². The van der Waals surface area contributed by atoms with E-state index >= 15 is 0 Å². The number of aliphatic carboxylic acids is 1. The predicted octanol–water partition coefficient (Wildman–Crippen LogP) is 12.7. The fourth-order valence-corrected chi connectivity index (χ4v) is 6.20. The Hall–Kier alpha value is -4.05. The minimum atomic E-state index is -1.64. The van der Waals surface area contributed by atoms with E-state index in [1.165, 1.54) is 0 Å². The minimum absolute atomic E-state index is 0.135. The number of carboxylic acids is 1. The SMILES string of the molecule is CC/C=C\C/C=C\C/C=C\C/C=C\C/C=C\C/C=C\CCCCCCCCC(=O)OC(COC(=O)CCCCCCC/C=C\C/C=C\C/C=C\CC)COC(OCC[N+](C)(C)C)C(=O)[O-]. The summed E-state index contributed by atoms with van der Waals surface area (Å²) in [5.41, 5.74) is 0. The zero-order valence-corrected chi connectivity index (χ0v) is 41.6. The summed E-state index contributed by atoms with van der Waals surface area (Å²) >= 11 is 0. The van der Waals surface area contributed by atoms with Gasteiger partial charge in [0.05, 0.1) is 40.3 Å². The first-order valence-electron chi connectivity index (χ1n) is 25.0. The first-order chi connectivity index (χ1) is 31.6. The van der Waals surface area contributed by atoms with Gasteiger partial charge in [-0.1, -0.05) is 168 Å². The average Bonchev–Trinajstić information content (AvgIpc) is 3.27. The molecule has 0 heterocycles. The molecule has 0 aromatic rings. The fraction of sp³-hybridized carbons (Fsp3) is 0.625. The number of hydrogen-bond acceptors (Lipinski definition) is 8. The molecule has 0 aromatic heterocycles. The molecule has 9 nitrogen and oxygen atoms in total. The number of nitrogens with zero attached hydrogens (tertiary/aromatic N) is 1. The smallest absolute Gasteiger partial charge is 0.306 e. The maximum absolute atomic E-state index is 12.8. The molecule has 0 radical (unpaired) electrons. The van der Waals surface area contributed by atoms with Gasteiger partial charge in [-0.15, -0.1) is 0 Å². The summed E-state index contributed by atoms with van der Waals surface area (Å²) in [7, 11) is 5.89. The van der Waals surface area contributed by atoms with Crippen molar-refractivity contribution in [3.63, 3.8) is 0 Å². The number of carbonyl (C=O) groups excluding carboxylic acids is 3. The van der Waals surface area contributed by atoms with Crippen molar-refractivity contribution in [3.8, 4) is 0 Å². The van der Waals surface area contributed by atoms with Crippen LogP contribution in [-0.2, 0) is 33.3 Å². The molecule has 0 saturated carbocycles. The predicted molar refractivity (Wildman–Crippen MR) is 269 cm³/mol. The van der Waals surface area contributed by atoms with Crippen molar-refractivity contribution >= 4 is 17.9 Å². The van der Waals surface area contributed by atoms with E-state index in [1.807, 2.05) is 21.1 Å². The number of carbonyl (C=O) groups is 3. The first kappa shape index (κ1) is 60.9. The lowest BCUT2D eigenvalue weighted by Crippen LogP contribution is -2.44. The number of likely N-dealkylation sites (N-methyl/N-ethyl adjacent to an activating group) is 1. The fourth-order valence-electron chi connectivity index (χ4n) is 6.20. The van der Waals surface area contributed by atoms with Gasteiger partial charge in [-0.2, -0.15) is 0 Å². The molecule has 0 bridgehead atoms. The number of rotatable bonds is 44. The normalized spacial score (nSPS) is 13.8. The Morgan fingerprint density at radius 1 is 0.462 bits per heavy atom. The molecule has 65 heavy (non-hydrogen) atoms. The van der Waals surface area contributed by atoms with Gasteiger partial charge in [0.25, 0.3) is 0 Å². The molecule has 0 spiro atoms. The zero-order valence-electron chi connectivity index (χ0n) is 41.6. The molecule has 0 fully saturated rings. The summed E-state index contributed by atoms with van der Waals surface area (Å²) < 4.78 is 22.6. The zero-order chi connectivity index (χ0) is 47.7. The van der Waals surface area contributed by atoms with E-state index in [2.05, 4.69) is 123 Å². The molecule has 0 aromatic carbocycles. The van der Waals surface area contributed by atoms with Crippen LogP contribution in [0.5, 0.6) is 0 Å². The van der Waals surface area contributed by atoms with Crippen LogP contribution in [0, 0.1) is 0 Å².